The molecular formula is C14H15N3O2. The molecule has 3 rings (SSSR count). The molecule has 5 nitrogen and oxygen atoms in total. The maximum Gasteiger partial charge on any atom is 0.257 e. The zero-order valence-corrected chi connectivity index (χ0v) is 10.7. The predicted octanol–water partition coefficient (Wildman–Crippen LogP) is 2.65. The zero-order valence-electron chi connectivity index (χ0n) is 10.7. The number of nitrogens with zero attached hydrogens (tertiary/aromatic N) is 2. The lowest BCUT2D eigenvalue weighted by Gasteiger charge is -2.04. The molecule has 0 aliphatic heterocycles. The molecule has 1 saturated carbocycles. The lowest BCUT2D eigenvalue weighted by molar-refractivity contribution is -0.117. The van der Waals surface area contributed by atoms with Gasteiger partial charge in [0.1, 0.15) is 0 Å². The first-order valence-corrected chi connectivity index (χ1v) is 6.50. The van der Waals surface area contributed by atoms with Crippen LogP contribution in [-0.4, -0.2) is 16.0 Å². The summed E-state index contributed by atoms with van der Waals surface area (Å²) in [6.07, 6.45) is 2.76. The van der Waals surface area contributed by atoms with Gasteiger partial charge >= 0.3 is 0 Å². The van der Waals surface area contributed by atoms with Crippen LogP contribution in [-0.2, 0) is 11.2 Å². The van der Waals surface area contributed by atoms with Crippen LogP contribution >= 0.6 is 0 Å². The fourth-order valence-corrected chi connectivity index (χ4v) is 1.80. The van der Waals surface area contributed by atoms with E-state index in [1.807, 2.05) is 31.2 Å². The molecule has 98 valence electrons. The molecule has 1 aromatic carbocycles. The van der Waals surface area contributed by atoms with Crippen LogP contribution in [0.5, 0.6) is 0 Å². The van der Waals surface area contributed by atoms with E-state index in [1.165, 1.54) is 0 Å². The standard InChI is InChI=1S/C14H15N3O2/c1-2-12-16-14(19-17-12)10-5-7-11(8-6-10)15-13(18)9-3-4-9/h5-9H,2-4H2,1H3,(H,15,18). The SMILES string of the molecule is CCc1noc(-c2ccc(NC(=O)C3CC3)cc2)n1. The Morgan fingerprint density at radius 3 is 2.68 bits per heavy atom. The molecule has 0 bridgehead atoms. The van der Waals surface area contributed by atoms with Crippen LogP contribution in [0.1, 0.15) is 25.6 Å². The number of anilines is 1. The van der Waals surface area contributed by atoms with E-state index in [0.717, 1.165) is 30.5 Å². The number of carbonyl (C=O) groups is 1. The molecular weight excluding hydrogens is 242 g/mol. The van der Waals surface area contributed by atoms with Gasteiger partial charge in [0.25, 0.3) is 5.89 Å². The molecule has 1 N–H and O–H groups in total. The summed E-state index contributed by atoms with van der Waals surface area (Å²) >= 11 is 0. The Morgan fingerprint density at radius 2 is 2.11 bits per heavy atom. The Morgan fingerprint density at radius 1 is 1.37 bits per heavy atom. The molecule has 0 unspecified atom stereocenters. The lowest BCUT2D eigenvalue weighted by Crippen LogP contribution is -2.12. The van der Waals surface area contributed by atoms with E-state index in [1.54, 1.807) is 0 Å². The fourth-order valence-electron chi connectivity index (χ4n) is 1.80. The molecule has 2 aromatic rings. The number of benzene rings is 1. The van der Waals surface area contributed by atoms with Crippen molar-refractivity contribution in [2.24, 2.45) is 5.92 Å². The lowest BCUT2D eigenvalue weighted by atomic mass is 10.2. The van der Waals surface area contributed by atoms with Gasteiger partial charge in [0.2, 0.25) is 5.91 Å². The monoisotopic (exact) mass is 257 g/mol. The predicted molar refractivity (Wildman–Crippen MR) is 70.5 cm³/mol. The average Bonchev–Trinajstić information content (AvgIpc) is 3.18. The summed E-state index contributed by atoms with van der Waals surface area (Å²) < 4.78 is 5.16. The first-order valence-electron chi connectivity index (χ1n) is 6.50. The number of carbonyl (C=O) groups excluding carboxylic acids is 1. The van der Waals surface area contributed by atoms with Gasteiger partial charge in [-0.05, 0) is 37.1 Å². The molecule has 1 fully saturated rings. The van der Waals surface area contributed by atoms with Crippen LogP contribution < -0.4 is 5.32 Å². The summed E-state index contributed by atoms with van der Waals surface area (Å²) in [4.78, 5) is 15.9. The quantitative estimate of drug-likeness (QED) is 0.914. The van der Waals surface area contributed by atoms with Gasteiger partial charge in [0.05, 0.1) is 0 Å². The topological polar surface area (TPSA) is 68.0 Å². The molecule has 0 radical (unpaired) electrons. The molecule has 1 aromatic heterocycles. The van der Waals surface area contributed by atoms with Crippen LogP contribution in [0.2, 0.25) is 0 Å². The number of aryl methyl sites for hydroxylation is 1. The molecule has 5 heteroatoms. The first-order chi connectivity index (χ1) is 9.26. The largest absolute Gasteiger partial charge is 0.334 e. The number of hydrogen-bond donors (Lipinski definition) is 1. The van der Waals surface area contributed by atoms with Gasteiger partial charge in [-0.2, -0.15) is 4.98 Å². The third kappa shape index (κ3) is 2.65. The second-order valence-corrected chi connectivity index (χ2v) is 4.71. The molecule has 19 heavy (non-hydrogen) atoms. The average molecular weight is 257 g/mol. The van der Waals surface area contributed by atoms with Crippen LogP contribution in [0.4, 0.5) is 5.69 Å². The van der Waals surface area contributed by atoms with E-state index in [9.17, 15) is 4.79 Å². The Balaban J connectivity index is 1.72. The van der Waals surface area contributed by atoms with Gasteiger partial charge in [0.15, 0.2) is 5.82 Å². The third-order valence-electron chi connectivity index (χ3n) is 3.13. The minimum Gasteiger partial charge on any atom is -0.334 e. The highest BCUT2D eigenvalue weighted by molar-refractivity contribution is 5.94. The van der Waals surface area contributed by atoms with E-state index < -0.39 is 0 Å². The van der Waals surface area contributed by atoms with Crippen molar-refractivity contribution in [2.75, 3.05) is 5.32 Å². The first kappa shape index (κ1) is 11.9. The van der Waals surface area contributed by atoms with E-state index in [4.69, 9.17) is 4.52 Å². The smallest absolute Gasteiger partial charge is 0.257 e. The van der Waals surface area contributed by atoms with Gasteiger partial charge in [0, 0.05) is 23.6 Å². The van der Waals surface area contributed by atoms with Crippen molar-refractivity contribution in [1.29, 1.82) is 0 Å². The van der Waals surface area contributed by atoms with Crippen molar-refractivity contribution in [3.8, 4) is 11.5 Å². The summed E-state index contributed by atoms with van der Waals surface area (Å²) in [5.74, 6) is 1.53. The highest BCUT2D eigenvalue weighted by Crippen LogP contribution is 2.30. The van der Waals surface area contributed by atoms with E-state index >= 15 is 0 Å². The van der Waals surface area contributed by atoms with Crippen molar-refractivity contribution in [1.82, 2.24) is 10.1 Å². The molecule has 1 amide bonds. The number of amides is 1. The Bertz CT molecular complexity index is 585. The maximum atomic E-state index is 11.6. The highest BCUT2D eigenvalue weighted by atomic mass is 16.5. The molecule has 0 atom stereocenters. The van der Waals surface area contributed by atoms with Gasteiger partial charge in [-0.1, -0.05) is 12.1 Å². The summed E-state index contributed by atoms with van der Waals surface area (Å²) in [5.41, 5.74) is 1.66. The zero-order chi connectivity index (χ0) is 13.2. The molecule has 1 aliphatic carbocycles. The summed E-state index contributed by atoms with van der Waals surface area (Å²) in [6.45, 7) is 1.98. The highest BCUT2D eigenvalue weighted by Gasteiger charge is 2.29. The fraction of sp³-hybridized carbons (Fsp3) is 0.357. The summed E-state index contributed by atoms with van der Waals surface area (Å²) in [6, 6.07) is 7.45. The second-order valence-electron chi connectivity index (χ2n) is 4.71. The number of rotatable bonds is 4. The van der Waals surface area contributed by atoms with Crippen molar-refractivity contribution >= 4 is 11.6 Å². The van der Waals surface area contributed by atoms with Gasteiger partial charge in [-0.15, -0.1) is 0 Å². The van der Waals surface area contributed by atoms with Crippen LogP contribution in [0.3, 0.4) is 0 Å². The van der Waals surface area contributed by atoms with Crippen LogP contribution in [0.25, 0.3) is 11.5 Å². The minimum atomic E-state index is 0.110. The maximum absolute atomic E-state index is 11.6. The third-order valence-corrected chi connectivity index (χ3v) is 3.13. The van der Waals surface area contributed by atoms with Gasteiger partial charge in [-0.3, -0.25) is 4.79 Å². The molecule has 1 heterocycles. The molecule has 1 aliphatic rings. The van der Waals surface area contributed by atoms with Gasteiger partial charge in [-0.25, -0.2) is 0 Å². The normalized spacial score (nSPS) is 14.4. The van der Waals surface area contributed by atoms with E-state index in [0.29, 0.717) is 11.7 Å². The van der Waals surface area contributed by atoms with Gasteiger partial charge < -0.3 is 9.84 Å². The molecule has 0 saturated heterocycles. The van der Waals surface area contributed by atoms with E-state index in [2.05, 4.69) is 15.5 Å². The summed E-state index contributed by atoms with van der Waals surface area (Å²) in [7, 11) is 0. The minimum absolute atomic E-state index is 0.110. The number of aromatic nitrogens is 2. The van der Waals surface area contributed by atoms with Crippen molar-refractivity contribution in [2.45, 2.75) is 26.2 Å². The number of nitrogens with one attached hydrogen (secondary N) is 1. The molecule has 0 spiro atoms. The van der Waals surface area contributed by atoms with E-state index in [-0.39, 0.29) is 11.8 Å². The number of hydrogen-bond acceptors (Lipinski definition) is 4. The summed E-state index contributed by atoms with van der Waals surface area (Å²) in [5, 5.41) is 6.75. The van der Waals surface area contributed by atoms with Crippen LogP contribution in [0.15, 0.2) is 28.8 Å². The van der Waals surface area contributed by atoms with Crippen molar-refractivity contribution in [3.63, 3.8) is 0 Å². The van der Waals surface area contributed by atoms with Crippen molar-refractivity contribution < 1.29 is 9.32 Å². The van der Waals surface area contributed by atoms with Crippen LogP contribution in [0, 0.1) is 5.92 Å². The Labute approximate surface area is 111 Å². The Hall–Kier alpha value is -2.17. The van der Waals surface area contributed by atoms with Crippen molar-refractivity contribution in [3.05, 3.63) is 30.1 Å². The second kappa shape index (κ2) is 4.84. The Kier molecular flexibility index (Phi) is 3.03.